The molecule has 1 aliphatic heterocycles. The highest BCUT2D eigenvalue weighted by Crippen LogP contribution is 2.22. The minimum atomic E-state index is 0.544. The van der Waals surface area contributed by atoms with E-state index in [1.54, 1.807) is 0 Å². The van der Waals surface area contributed by atoms with E-state index in [-0.39, 0.29) is 0 Å². The molecule has 0 unspecified atom stereocenters. The number of piperidine rings is 1. The summed E-state index contributed by atoms with van der Waals surface area (Å²) in [6.07, 6.45) is 4.39. The maximum Gasteiger partial charge on any atom is 0.145 e. The zero-order valence-electron chi connectivity index (χ0n) is 10.5. The largest absolute Gasteiger partial charge is 0.382 e. The van der Waals surface area contributed by atoms with E-state index in [4.69, 9.17) is 5.73 Å². The number of nitrogens with two attached hydrogens (primary N) is 1. The molecule has 0 aliphatic carbocycles. The standard InChI is InChI=1S/C12H22N4S/c1-2-17-10-9-15-6-3-11(4-7-15)16-8-5-12(13)14-16/h5,8,11H,2-4,6-7,9-10H2,1H3,(H2,13,14). The molecule has 2 N–H and O–H groups in total. The Kier molecular flexibility index (Phi) is 4.74. The molecule has 0 saturated carbocycles. The summed E-state index contributed by atoms with van der Waals surface area (Å²) in [6.45, 7) is 5.83. The number of nitrogens with zero attached hydrogens (tertiary/aromatic N) is 3. The van der Waals surface area contributed by atoms with Gasteiger partial charge in [-0.15, -0.1) is 0 Å². The lowest BCUT2D eigenvalue weighted by Gasteiger charge is -2.31. The molecule has 0 spiro atoms. The van der Waals surface area contributed by atoms with Crippen molar-refractivity contribution < 1.29 is 0 Å². The van der Waals surface area contributed by atoms with Gasteiger partial charge in [-0.05, 0) is 24.7 Å². The van der Waals surface area contributed by atoms with Crippen molar-refractivity contribution in [1.29, 1.82) is 0 Å². The second kappa shape index (κ2) is 6.31. The van der Waals surface area contributed by atoms with Crippen LogP contribution in [0.15, 0.2) is 12.3 Å². The molecule has 1 fully saturated rings. The Morgan fingerprint density at radius 3 is 2.82 bits per heavy atom. The molecule has 1 aromatic heterocycles. The highest BCUT2D eigenvalue weighted by atomic mass is 32.2. The molecular weight excluding hydrogens is 232 g/mol. The number of nitrogen functional groups attached to an aromatic ring is 1. The van der Waals surface area contributed by atoms with E-state index in [9.17, 15) is 0 Å². The highest BCUT2D eigenvalue weighted by Gasteiger charge is 2.20. The van der Waals surface area contributed by atoms with E-state index in [0.29, 0.717) is 11.9 Å². The number of aromatic nitrogens is 2. The molecule has 1 saturated heterocycles. The van der Waals surface area contributed by atoms with Crippen LogP contribution in [-0.4, -0.2) is 45.8 Å². The summed E-state index contributed by atoms with van der Waals surface area (Å²) in [5, 5.41) is 4.31. The van der Waals surface area contributed by atoms with Crippen molar-refractivity contribution in [3.8, 4) is 0 Å². The van der Waals surface area contributed by atoms with Crippen molar-refractivity contribution in [3.05, 3.63) is 12.3 Å². The summed E-state index contributed by atoms with van der Waals surface area (Å²) in [6, 6.07) is 2.42. The maximum absolute atomic E-state index is 5.65. The first kappa shape index (κ1) is 12.8. The van der Waals surface area contributed by atoms with Crippen LogP contribution in [0.4, 0.5) is 5.82 Å². The molecule has 4 nitrogen and oxygen atoms in total. The monoisotopic (exact) mass is 254 g/mol. The van der Waals surface area contributed by atoms with Crippen molar-refractivity contribution in [3.63, 3.8) is 0 Å². The Labute approximate surface area is 108 Å². The summed E-state index contributed by atoms with van der Waals surface area (Å²) in [5.41, 5.74) is 5.65. The molecular formula is C12H22N4S. The quantitative estimate of drug-likeness (QED) is 0.815. The lowest BCUT2D eigenvalue weighted by molar-refractivity contribution is 0.189. The smallest absolute Gasteiger partial charge is 0.145 e. The van der Waals surface area contributed by atoms with Crippen molar-refractivity contribution in [2.24, 2.45) is 0 Å². The van der Waals surface area contributed by atoms with Gasteiger partial charge in [-0.2, -0.15) is 16.9 Å². The Morgan fingerprint density at radius 2 is 2.24 bits per heavy atom. The van der Waals surface area contributed by atoms with Crippen LogP contribution in [0.25, 0.3) is 0 Å². The molecule has 2 heterocycles. The predicted octanol–water partition coefficient (Wildman–Crippen LogP) is 1.86. The predicted molar refractivity (Wildman–Crippen MR) is 74.3 cm³/mol. The normalized spacial score (nSPS) is 18.6. The lowest BCUT2D eigenvalue weighted by Crippen LogP contribution is -2.36. The first-order valence-electron chi connectivity index (χ1n) is 6.40. The molecule has 0 radical (unpaired) electrons. The molecule has 96 valence electrons. The number of hydrogen-bond acceptors (Lipinski definition) is 4. The third-order valence-electron chi connectivity index (χ3n) is 3.32. The molecule has 1 aromatic rings. The Hall–Kier alpha value is -0.680. The molecule has 5 heteroatoms. The van der Waals surface area contributed by atoms with Gasteiger partial charge in [0.15, 0.2) is 0 Å². The first-order valence-corrected chi connectivity index (χ1v) is 7.56. The molecule has 0 atom stereocenters. The maximum atomic E-state index is 5.65. The fourth-order valence-electron chi connectivity index (χ4n) is 2.30. The second-order valence-electron chi connectivity index (χ2n) is 4.49. The Morgan fingerprint density at radius 1 is 1.47 bits per heavy atom. The van der Waals surface area contributed by atoms with E-state index in [1.807, 2.05) is 28.7 Å². The second-order valence-corrected chi connectivity index (χ2v) is 5.88. The van der Waals surface area contributed by atoms with Gasteiger partial charge >= 0.3 is 0 Å². The molecule has 17 heavy (non-hydrogen) atoms. The van der Waals surface area contributed by atoms with Gasteiger partial charge in [0, 0.05) is 31.6 Å². The van der Waals surface area contributed by atoms with Gasteiger partial charge in [-0.1, -0.05) is 6.92 Å². The number of hydrogen-bond donors (Lipinski definition) is 1. The van der Waals surface area contributed by atoms with Crippen molar-refractivity contribution in [1.82, 2.24) is 14.7 Å². The van der Waals surface area contributed by atoms with E-state index in [1.165, 1.54) is 44.0 Å². The zero-order valence-corrected chi connectivity index (χ0v) is 11.3. The van der Waals surface area contributed by atoms with Crippen LogP contribution < -0.4 is 5.73 Å². The molecule has 0 amide bonds. The fourth-order valence-corrected chi connectivity index (χ4v) is 2.98. The van der Waals surface area contributed by atoms with Crippen molar-refractivity contribution in [2.75, 3.05) is 36.9 Å². The lowest BCUT2D eigenvalue weighted by atomic mass is 10.1. The molecule has 1 aliphatic rings. The summed E-state index contributed by atoms with van der Waals surface area (Å²) < 4.78 is 2.04. The van der Waals surface area contributed by atoms with Crippen LogP contribution in [0.5, 0.6) is 0 Å². The summed E-state index contributed by atoms with van der Waals surface area (Å²) in [4.78, 5) is 2.56. The third kappa shape index (κ3) is 3.64. The molecule has 0 bridgehead atoms. The van der Waals surface area contributed by atoms with Gasteiger partial charge in [0.1, 0.15) is 5.82 Å². The number of anilines is 1. The zero-order chi connectivity index (χ0) is 12.1. The van der Waals surface area contributed by atoms with Gasteiger partial charge in [-0.25, -0.2) is 0 Å². The van der Waals surface area contributed by atoms with Gasteiger partial charge in [0.25, 0.3) is 0 Å². The van der Waals surface area contributed by atoms with Gasteiger partial charge in [0.05, 0.1) is 6.04 Å². The summed E-state index contributed by atoms with van der Waals surface area (Å²) >= 11 is 2.03. The van der Waals surface area contributed by atoms with Crippen molar-refractivity contribution >= 4 is 17.6 Å². The summed E-state index contributed by atoms with van der Waals surface area (Å²) in [7, 11) is 0. The van der Waals surface area contributed by atoms with E-state index < -0.39 is 0 Å². The van der Waals surface area contributed by atoms with Crippen LogP contribution in [0.3, 0.4) is 0 Å². The van der Waals surface area contributed by atoms with Gasteiger partial charge in [0.2, 0.25) is 0 Å². The molecule has 0 aromatic carbocycles. The van der Waals surface area contributed by atoms with Crippen LogP contribution >= 0.6 is 11.8 Å². The number of rotatable bonds is 5. The van der Waals surface area contributed by atoms with E-state index in [0.717, 1.165) is 0 Å². The average Bonchev–Trinajstić information content (AvgIpc) is 2.77. The number of thioether (sulfide) groups is 1. The fraction of sp³-hybridized carbons (Fsp3) is 0.750. The SMILES string of the molecule is CCSCCN1CCC(n2ccc(N)n2)CC1. The van der Waals surface area contributed by atoms with E-state index in [2.05, 4.69) is 16.9 Å². The Bertz CT molecular complexity index is 331. The minimum Gasteiger partial charge on any atom is -0.382 e. The third-order valence-corrected chi connectivity index (χ3v) is 4.20. The molecule has 2 rings (SSSR count). The van der Waals surface area contributed by atoms with Crippen molar-refractivity contribution in [2.45, 2.75) is 25.8 Å². The first-order chi connectivity index (χ1) is 8.29. The van der Waals surface area contributed by atoms with Crippen LogP contribution in [0.2, 0.25) is 0 Å². The topological polar surface area (TPSA) is 47.1 Å². The minimum absolute atomic E-state index is 0.544. The number of likely N-dealkylation sites (tertiary alicyclic amines) is 1. The Balaban J connectivity index is 1.74. The van der Waals surface area contributed by atoms with Gasteiger partial charge in [-0.3, -0.25) is 4.68 Å². The van der Waals surface area contributed by atoms with Crippen LogP contribution in [0, 0.1) is 0 Å². The van der Waals surface area contributed by atoms with Crippen LogP contribution in [-0.2, 0) is 0 Å². The van der Waals surface area contributed by atoms with Gasteiger partial charge < -0.3 is 10.6 Å². The summed E-state index contributed by atoms with van der Waals surface area (Å²) in [5.74, 6) is 3.12. The average molecular weight is 254 g/mol. The van der Waals surface area contributed by atoms with Crippen LogP contribution in [0.1, 0.15) is 25.8 Å². The highest BCUT2D eigenvalue weighted by molar-refractivity contribution is 7.99. The van der Waals surface area contributed by atoms with E-state index >= 15 is 0 Å².